The first-order valence-electron chi connectivity index (χ1n) is 7.76. The van der Waals surface area contributed by atoms with Crippen molar-refractivity contribution in [1.82, 2.24) is 15.5 Å². The first kappa shape index (κ1) is 20.5. The molecule has 138 valence electrons. The van der Waals surface area contributed by atoms with Gasteiger partial charge in [-0.3, -0.25) is 24.1 Å². The SMILES string of the molecule is CC(C)(CO)C(O)C(=O)NC=CC(=O)NCCCN1C(=O)C=CC1=O. The zero-order chi connectivity index (χ0) is 19.0. The molecule has 1 rings (SSSR count). The molecule has 0 radical (unpaired) electrons. The Morgan fingerprint density at radius 1 is 1.28 bits per heavy atom. The van der Waals surface area contributed by atoms with Crippen LogP contribution in [-0.2, 0) is 19.2 Å². The largest absolute Gasteiger partial charge is 0.396 e. The average Bonchev–Trinajstić information content (AvgIpc) is 2.89. The minimum atomic E-state index is -1.42. The van der Waals surface area contributed by atoms with E-state index in [2.05, 4.69) is 10.6 Å². The Balaban J connectivity index is 2.26. The van der Waals surface area contributed by atoms with Crippen molar-refractivity contribution in [3.63, 3.8) is 0 Å². The third kappa shape index (κ3) is 6.12. The fourth-order valence-corrected chi connectivity index (χ4v) is 1.88. The van der Waals surface area contributed by atoms with Gasteiger partial charge in [-0.05, 0) is 6.42 Å². The van der Waals surface area contributed by atoms with Crippen molar-refractivity contribution in [3.05, 3.63) is 24.4 Å². The quantitative estimate of drug-likeness (QED) is 0.225. The van der Waals surface area contributed by atoms with Crippen LogP contribution in [0.3, 0.4) is 0 Å². The summed E-state index contributed by atoms with van der Waals surface area (Å²) in [6.07, 6.45) is 3.52. The smallest absolute Gasteiger partial charge is 0.253 e. The number of carbonyl (C=O) groups excluding carboxylic acids is 4. The molecule has 9 heteroatoms. The van der Waals surface area contributed by atoms with Crippen LogP contribution in [0.4, 0.5) is 0 Å². The molecular weight excluding hydrogens is 330 g/mol. The molecule has 1 unspecified atom stereocenters. The van der Waals surface area contributed by atoms with E-state index >= 15 is 0 Å². The summed E-state index contributed by atoms with van der Waals surface area (Å²) in [7, 11) is 0. The number of nitrogens with one attached hydrogen (secondary N) is 2. The Hall–Kier alpha value is -2.52. The van der Waals surface area contributed by atoms with E-state index in [1.54, 1.807) is 0 Å². The molecule has 0 spiro atoms. The third-order valence-corrected chi connectivity index (χ3v) is 3.61. The van der Waals surface area contributed by atoms with Crippen molar-refractivity contribution in [2.75, 3.05) is 19.7 Å². The van der Waals surface area contributed by atoms with Crippen molar-refractivity contribution in [2.45, 2.75) is 26.4 Å². The first-order chi connectivity index (χ1) is 11.7. The predicted molar refractivity (Wildman–Crippen MR) is 87.6 cm³/mol. The molecule has 0 aromatic heterocycles. The highest BCUT2D eigenvalue weighted by Crippen LogP contribution is 2.19. The second-order valence-electron chi connectivity index (χ2n) is 6.20. The van der Waals surface area contributed by atoms with E-state index in [4.69, 9.17) is 5.11 Å². The van der Waals surface area contributed by atoms with Gasteiger partial charge in [-0.25, -0.2) is 0 Å². The Labute approximate surface area is 145 Å². The molecule has 1 aliphatic heterocycles. The molecule has 1 aliphatic rings. The summed E-state index contributed by atoms with van der Waals surface area (Å²) in [4.78, 5) is 46.9. The van der Waals surface area contributed by atoms with Crippen molar-refractivity contribution in [3.8, 4) is 0 Å². The normalized spacial score (nSPS) is 15.8. The van der Waals surface area contributed by atoms with E-state index < -0.39 is 23.3 Å². The van der Waals surface area contributed by atoms with Crippen LogP contribution in [0.25, 0.3) is 0 Å². The van der Waals surface area contributed by atoms with Crippen LogP contribution in [0.5, 0.6) is 0 Å². The number of rotatable bonds is 9. The van der Waals surface area contributed by atoms with Gasteiger partial charge < -0.3 is 20.8 Å². The fraction of sp³-hybridized carbons (Fsp3) is 0.500. The maximum Gasteiger partial charge on any atom is 0.253 e. The van der Waals surface area contributed by atoms with Gasteiger partial charge in [0.15, 0.2) is 0 Å². The number of nitrogens with zero attached hydrogens (tertiary/aromatic N) is 1. The van der Waals surface area contributed by atoms with E-state index in [1.165, 1.54) is 26.0 Å². The van der Waals surface area contributed by atoms with Crippen LogP contribution in [0.1, 0.15) is 20.3 Å². The standard InChI is InChI=1S/C16H23N3O6/c1-16(2,10-20)14(24)15(25)18-8-6-11(21)17-7-3-9-19-12(22)4-5-13(19)23/h4-6,8,14,20,24H,3,7,9-10H2,1-2H3,(H,17,21)(H,18,25). The Bertz CT molecular complexity index is 579. The summed E-state index contributed by atoms with van der Waals surface area (Å²) in [6.45, 7) is 3.13. The van der Waals surface area contributed by atoms with E-state index in [0.717, 1.165) is 17.2 Å². The van der Waals surface area contributed by atoms with Crippen LogP contribution in [-0.4, -0.2) is 64.5 Å². The van der Waals surface area contributed by atoms with E-state index in [-0.39, 0.29) is 31.5 Å². The minimum Gasteiger partial charge on any atom is -0.396 e. The summed E-state index contributed by atoms with van der Waals surface area (Å²) in [5.74, 6) is -1.96. The third-order valence-electron chi connectivity index (χ3n) is 3.61. The average molecular weight is 353 g/mol. The van der Waals surface area contributed by atoms with Gasteiger partial charge in [0.25, 0.3) is 17.7 Å². The van der Waals surface area contributed by atoms with Gasteiger partial charge in [0.05, 0.1) is 6.61 Å². The molecule has 4 amide bonds. The highest BCUT2D eigenvalue weighted by atomic mass is 16.3. The van der Waals surface area contributed by atoms with Crippen molar-refractivity contribution < 1.29 is 29.4 Å². The number of carbonyl (C=O) groups is 4. The van der Waals surface area contributed by atoms with Crippen molar-refractivity contribution in [1.29, 1.82) is 0 Å². The van der Waals surface area contributed by atoms with Gasteiger partial charge in [-0.15, -0.1) is 0 Å². The molecule has 9 nitrogen and oxygen atoms in total. The van der Waals surface area contributed by atoms with Crippen LogP contribution in [0, 0.1) is 5.41 Å². The second kappa shape index (κ2) is 9.09. The van der Waals surface area contributed by atoms with Crippen molar-refractivity contribution in [2.24, 2.45) is 5.41 Å². The lowest BCUT2D eigenvalue weighted by Crippen LogP contribution is -2.44. The molecule has 0 bridgehead atoms. The summed E-state index contributed by atoms with van der Waals surface area (Å²) in [5, 5.41) is 23.6. The Kier molecular flexibility index (Phi) is 7.46. The van der Waals surface area contributed by atoms with Gasteiger partial charge in [0.1, 0.15) is 6.10 Å². The molecular formula is C16H23N3O6. The minimum absolute atomic E-state index is 0.202. The van der Waals surface area contributed by atoms with Crippen LogP contribution in [0.15, 0.2) is 24.4 Å². The van der Waals surface area contributed by atoms with E-state index in [0.29, 0.717) is 6.42 Å². The van der Waals surface area contributed by atoms with Gasteiger partial charge in [-0.1, -0.05) is 13.8 Å². The molecule has 25 heavy (non-hydrogen) atoms. The monoisotopic (exact) mass is 353 g/mol. The van der Waals surface area contributed by atoms with Crippen molar-refractivity contribution >= 4 is 23.6 Å². The maximum absolute atomic E-state index is 11.7. The van der Waals surface area contributed by atoms with Gasteiger partial charge in [0, 0.05) is 42.9 Å². The molecule has 1 heterocycles. The zero-order valence-electron chi connectivity index (χ0n) is 14.2. The lowest BCUT2D eigenvalue weighted by molar-refractivity contribution is -0.137. The predicted octanol–water partition coefficient (Wildman–Crippen LogP) is -1.57. The number of aliphatic hydroxyl groups is 2. The Morgan fingerprint density at radius 3 is 2.44 bits per heavy atom. The first-order valence-corrected chi connectivity index (χ1v) is 7.76. The molecule has 0 saturated carbocycles. The molecule has 4 N–H and O–H groups in total. The highest BCUT2D eigenvalue weighted by Gasteiger charge is 2.32. The summed E-state index contributed by atoms with van der Waals surface area (Å²) in [6, 6.07) is 0. The lowest BCUT2D eigenvalue weighted by atomic mass is 9.87. The Morgan fingerprint density at radius 2 is 1.88 bits per heavy atom. The molecule has 0 aliphatic carbocycles. The van der Waals surface area contributed by atoms with Gasteiger partial charge in [0.2, 0.25) is 5.91 Å². The highest BCUT2D eigenvalue weighted by molar-refractivity contribution is 6.12. The number of imide groups is 1. The number of hydrogen-bond donors (Lipinski definition) is 4. The van der Waals surface area contributed by atoms with Crippen LogP contribution >= 0.6 is 0 Å². The lowest BCUT2D eigenvalue weighted by Gasteiger charge is -2.26. The van der Waals surface area contributed by atoms with Gasteiger partial charge >= 0.3 is 0 Å². The zero-order valence-corrected chi connectivity index (χ0v) is 14.2. The van der Waals surface area contributed by atoms with Gasteiger partial charge in [-0.2, -0.15) is 0 Å². The number of hydrogen-bond acceptors (Lipinski definition) is 6. The van der Waals surface area contributed by atoms with Crippen LogP contribution < -0.4 is 10.6 Å². The van der Waals surface area contributed by atoms with E-state index in [1.807, 2.05) is 0 Å². The number of aliphatic hydroxyl groups excluding tert-OH is 2. The maximum atomic E-state index is 11.7. The molecule has 1 atom stereocenters. The molecule has 0 aromatic carbocycles. The molecule has 0 aromatic rings. The second-order valence-corrected chi connectivity index (χ2v) is 6.20. The molecule has 0 saturated heterocycles. The summed E-state index contributed by atoms with van der Waals surface area (Å²) < 4.78 is 0. The fourth-order valence-electron chi connectivity index (χ4n) is 1.88. The summed E-state index contributed by atoms with van der Waals surface area (Å²) >= 11 is 0. The summed E-state index contributed by atoms with van der Waals surface area (Å²) in [5.41, 5.74) is -1.00. The number of amides is 4. The topological polar surface area (TPSA) is 136 Å². The van der Waals surface area contributed by atoms with Crippen LogP contribution in [0.2, 0.25) is 0 Å². The van der Waals surface area contributed by atoms with E-state index in [9.17, 15) is 24.3 Å². The molecule has 0 fully saturated rings.